The maximum absolute atomic E-state index is 13.6. The van der Waals surface area contributed by atoms with Gasteiger partial charge in [-0.1, -0.05) is 36.4 Å². The van der Waals surface area contributed by atoms with Gasteiger partial charge in [0.2, 0.25) is 11.8 Å². The Morgan fingerprint density at radius 1 is 1.09 bits per heavy atom. The van der Waals surface area contributed by atoms with Gasteiger partial charge in [-0.25, -0.2) is 0 Å². The molecule has 0 saturated carbocycles. The third kappa shape index (κ3) is 6.21. The highest BCUT2D eigenvalue weighted by Gasteiger charge is 2.42. The van der Waals surface area contributed by atoms with Crippen molar-refractivity contribution in [1.82, 2.24) is 20.0 Å². The second-order valence-corrected chi connectivity index (χ2v) is 9.69. The van der Waals surface area contributed by atoms with Crippen molar-refractivity contribution in [2.75, 3.05) is 39.8 Å². The molecular weight excluding hydrogens is 440 g/mol. The highest BCUT2D eigenvalue weighted by Crippen LogP contribution is 2.28. The fraction of sp³-hybridized carbons (Fsp3) is 0.500. The number of methoxy groups -OCH3 is 1. The predicted octanol–water partition coefficient (Wildman–Crippen LogP) is 2.82. The largest absolute Gasteiger partial charge is 0.497 e. The van der Waals surface area contributed by atoms with Gasteiger partial charge in [0, 0.05) is 52.2 Å². The summed E-state index contributed by atoms with van der Waals surface area (Å²) in [7, 11) is 1.68. The fourth-order valence-corrected chi connectivity index (χ4v) is 5.26. The second kappa shape index (κ2) is 11.7. The Morgan fingerprint density at radius 2 is 1.91 bits per heavy atom. The van der Waals surface area contributed by atoms with E-state index in [4.69, 9.17) is 4.74 Å². The van der Waals surface area contributed by atoms with Crippen LogP contribution in [0.3, 0.4) is 0 Å². The zero-order chi connectivity index (χ0) is 24.8. The summed E-state index contributed by atoms with van der Waals surface area (Å²) in [6.45, 7) is 8.93. The first-order valence-corrected chi connectivity index (χ1v) is 12.6. The number of carbonyl (C=O) groups excluding carboxylic acids is 2. The van der Waals surface area contributed by atoms with E-state index < -0.39 is 6.04 Å². The van der Waals surface area contributed by atoms with Crippen molar-refractivity contribution < 1.29 is 14.3 Å². The van der Waals surface area contributed by atoms with Gasteiger partial charge in [0.05, 0.1) is 7.11 Å². The van der Waals surface area contributed by atoms with Crippen LogP contribution in [0, 0.1) is 6.92 Å². The molecule has 0 aliphatic carbocycles. The van der Waals surface area contributed by atoms with Gasteiger partial charge in [-0.2, -0.15) is 0 Å². The molecule has 2 unspecified atom stereocenters. The summed E-state index contributed by atoms with van der Waals surface area (Å²) in [6, 6.07) is 16.2. The minimum absolute atomic E-state index is 0.0315. The average molecular weight is 479 g/mol. The van der Waals surface area contributed by atoms with Crippen LogP contribution in [0.25, 0.3) is 0 Å². The fourth-order valence-electron chi connectivity index (χ4n) is 5.26. The summed E-state index contributed by atoms with van der Waals surface area (Å²) >= 11 is 0. The van der Waals surface area contributed by atoms with E-state index in [0.29, 0.717) is 19.5 Å². The molecule has 2 heterocycles. The molecule has 4 rings (SSSR count). The number of aryl methyl sites for hydroxylation is 1. The molecule has 2 aromatic carbocycles. The number of rotatable bonds is 7. The molecule has 35 heavy (non-hydrogen) atoms. The number of nitrogens with one attached hydrogen (secondary N) is 1. The number of nitrogens with zero attached hydrogens (tertiary/aromatic N) is 3. The van der Waals surface area contributed by atoms with Crippen LogP contribution in [-0.4, -0.2) is 78.4 Å². The van der Waals surface area contributed by atoms with E-state index in [-0.39, 0.29) is 17.9 Å². The molecule has 2 aliphatic rings. The molecule has 0 radical (unpaired) electrons. The highest BCUT2D eigenvalue weighted by atomic mass is 16.5. The average Bonchev–Trinajstić information content (AvgIpc) is 3.13. The first-order chi connectivity index (χ1) is 17.0. The van der Waals surface area contributed by atoms with Crippen LogP contribution >= 0.6 is 0 Å². The predicted molar refractivity (Wildman–Crippen MR) is 137 cm³/mol. The molecule has 2 fully saturated rings. The Labute approximate surface area is 209 Å². The van der Waals surface area contributed by atoms with Crippen molar-refractivity contribution in [2.24, 2.45) is 0 Å². The Kier molecular flexibility index (Phi) is 8.42. The molecule has 2 saturated heterocycles. The molecule has 2 amide bonds. The van der Waals surface area contributed by atoms with E-state index in [1.807, 2.05) is 17.0 Å². The number of amides is 2. The first-order valence-electron chi connectivity index (χ1n) is 12.6. The van der Waals surface area contributed by atoms with E-state index in [1.165, 1.54) is 11.1 Å². The summed E-state index contributed by atoms with van der Waals surface area (Å²) < 4.78 is 5.45. The minimum Gasteiger partial charge on any atom is -0.497 e. The van der Waals surface area contributed by atoms with Crippen LogP contribution in [0.15, 0.2) is 48.5 Å². The smallest absolute Gasteiger partial charge is 0.245 e. The van der Waals surface area contributed by atoms with Crippen LogP contribution in [-0.2, 0) is 22.7 Å². The zero-order valence-corrected chi connectivity index (χ0v) is 21.2. The quantitative estimate of drug-likeness (QED) is 0.663. The molecule has 7 heteroatoms. The number of benzene rings is 2. The van der Waals surface area contributed by atoms with Gasteiger partial charge in [0.15, 0.2) is 0 Å². The Balaban J connectivity index is 1.59. The van der Waals surface area contributed by atoms with Crippen molar-refractivity contribution in [2.45, 2.75) is 51.9 Å². The van der Waals surface area contributed by atoms with E-state index in [2.05, 4.69) is 53.5 Å². The first kappa shape index (κ1) is 25.2. The monoisotopic (exact) mass is 478 g/mol. The number of carbonyl (C=O) groups is 2. The summed E-state index contributed by atoms with van der Waals surface area (Å²) in [5, 5.41) is 3.36. The molecule has 7 nitrogen and oxygen atoms in total. The molecule has 2 aromatic rings. The number of hydrogen-bond donors (Lipinski definition) is 1. The molecule has 0 bridgehead atoms. The van der Waals surface area contributed by atoms with E-state index in [0.717, 1.165) is 50.5 Å². The highest BCUT2D eigenvalue weighted by molar-refractivity contribution is 5.87. The van der Waals surface area contributed by atoms with Gasteiger partial charge in [-0.15, -0.1) is 0 Å². The molecule has 188 valence electrons. The SMILES string of the molecule is COc1cccc(CN(Cc2ccccc2C)C2CC(C(=O)N3CCCNCC3)N(C(C)=O)C2)c1. The standard InChI is InChI=1S/C28H38N4O3/c1-21-8-4-5-10-24(21)19-31(18-23-9-6-11-26(16-23)35-3)25-17-27(32(20-25)22(2)33)28(34)30-14-7-12-29-13-15-30/h4-6,8-11,16,25,27,29H,7,12-15,17-20H2,1-3H3. The summed E-state index contributed by atoms with van der Waals surface area (Å²) in [5.74, 6) is 0.887. The molecule has 2 aliphatic heterocycles. The Morgan fingerprint density at radius 3 is 2.69 bits per heavy atom. The Bertz CT molecular complexity index is 1020. The summed E-state index contributed by atoms with van der Waals surface area (Å²) in [6.07, 6.45) is 1.59. The zero-order valence-electron chi connectivity index (χ0n) is 21.2. The van der Waals surface area contributed by atoms with Crippen molar-refractivity contribution in [1.29, 1.82) is 0 Å². The van der Waals surface area contributed by atoms with Gasteiger partial charge in [0.1, 0.15) is 11.8 Å². The lowest BCUT2D eigenvalue weighted by molar-refractivity contribution is -0.142. The number of hydrogen-bond acceptors (Lipinski definition) is 5. The molecule has 0 aromatic heterocycles. The van der Waals surface area contributed by atoms with E-state index in [1.54, 1.807) is 18.9 Å². The topological polar surface area (TPSA) is 65.1 Å². The lowest BCUT2D eigenvalue weighted by Gasteiger charge is -2.29. The van der Waals surface area contributed by atoms with Crippen LogP contribution in [0.1, 0.15) is 36.5 Å². The maximum Gasteiger partial charge on any atom is 0.245 e. The van der Waals surface area contributed by atoms with Crippen LogP contribution in [0.5, 0.6) is 5.75 Å². The van der Waals surface area contributed by atoms with Crippen molar-refractivity contribution in [3.8, 4) is 5.75 Å². The number of ether oxygens (including phenoxy) is 1. The minimum atomic E-state index is -0.403. The normalized spacial score (nSPS) is 20.7. The molecular formula is C28H38N4O3. The molecule has 0 spiro atoms. The van der Waals surface area contributed by atoms with E-state index in [9.17, 15) is 9.59 Å². The third-order valence-electron chi connectivity index (χ3n) is 7.29. The third-order valence-corrected chi connectivity index (χ3v) is 7.29. The van der Waals surface area contributed by atoms with Gasteiger partial charge in [0.25, 0.3) is 0 Å². The summed E-state index contributed by atoms with van der Waals surface area (Å²) in [5.41, 5.74) is 3.66. The van der Waals surface area contributed by atoms with E-state index >= 15 is 0 Å². The van der Waals surface area contributed by atoms with Gasteiger partial charge in [-0.05, 0) is 55.1 Å². The number of likely N-dealkylation sites (tertiary alicyclic amines) is 1. The Hall–Kier alpha value is -2.90. The lowest BCUT2D eigenvalue weighted by Crippen LogP contribution is -2.48. The van der Waals surface area contributed by atoms with Gasteiger partial charge in [-0.3, -0.25) is 14.5 Å². The summed E-state index contributed by atoms with van der Waals surface area (Å²) in [4.78, 5) is 32.4. The van der Waals surface area contributed by atoms with Gasteiger partial charge >= 0.3 is 0 Å². The van der Waals surface area contributed by atoms with Crippen LogP contribution in [0.4, 0.5) is 0 Å². The lowest BCUT2D eigenvalue weighted by atomic mass is 10.0. The van der Waals surface area contributed by atoms with Crippen LogP contribution < -0.4 is 10.1 Å². The van der Waals surface area contributed by atoms with Crippen LogP contribution in [0.2, 0.25) is 0 Å². The molecule has 1 N–H and O–H groups in total. The maximum atomic E-state index is 13.6. The van der Waals surface area contributed by atoms with Crippen molar-refractivity contribution in [3.63, 3.8) is 0 Å². The van der Waals surface area contributed by atoms with Crippen molar-refractivity contribution in [3.05, 3.63) is 65.2 Å². The second-order valence-electron chi connectivity index (χ2n) is 9.69. The molecule has 2 atom stereocenters. The van der Waals surface area contributed by atoms with Gasteiger partial charge < -0.3 is 19.9 Å². The van der Waals surface area contributed by atoms with Crippen molar-refractivity contribution >= 4 is 11.8 Å².